The Morgan fingerprint density at radius 1 is 1.07 bits per heavy atom. The maximum atomic E-state index is 14.1. The molecule has 0 aliphatic rings. The molecule has 6 heteroatoms. The maximum Gasteiger partial charge on any atom is 0.261 e. The number of anilines is 1. The smallest absolute Gasteiger partial charge is 0.261 e. The van der Waals surface area contributed by atoms with Gasteiger partial charge in [0.05, 0.1) is 10.9 Å². The highest BCUT2D eigenvalue weighted by Gasteiger charge is 2.22. The van der Waals surface area contributed by atoms with Gasteiger partial charge < -0.3 is 15.3 Å². The maximum absolute atomic E-state index is 14.1. The molecule has 0 aliphatic heterocycles. The molecule has 0 aliphatic carbocycles. The summed E-state index contributed by atoms with van der Waals surface area (Å²) in [4.78, 5) is 31.5. The number of pyridine rings is 1. The topological polar surface area (TPSA) is 77.8 Å². The van der Waals surface area contributed by atoms with E-state index in [2.05, 4.69) is 36.1 Å². The van der Waals surface area contributed by atoms with Gasteiger partial charge in [-0.25, -0.2) is 4.39 Å². The second-order valence-corrected chi connectivity index (χ2v) is 7.86. The SMILES string of the molecule is CC(C)(C)c1cc2cc[nH]c2cc1NC(=O)c1c[nH]c2cccc(F)c2c1=O. The van der Waals surface area contributed by atoms with Crippen LogP contribution in [0.3, 0.4) is 0 Å². The lowest BCUT2D eigenvalue weighted by molar-refractivity contribution is 0.102. The fraction of sp³-hybridized carbons (Fsp3) is 0.182. The van der Waals surface area contributed by atoms with Crippen LogP contribution in [-0.2, 0) is 5.41 Å². The monoisotopic (exact) mass is 377 g/mol. The summed E-state index contributed by atoms with van der Waals surface area (Å²) in [6.07, 6.45) is 3.16. The van der Waals surface area contributed by atoms with E-state index in [4.69, 9.17) is 0 Å². The zero-order chi connectivity index (χ0) is 20.1. The number of aromatic amines is 2. The third-order valence-electron chi connectivity index (χ3n) is 4.85. The Morgan fingerprint density at radius 2 is 1.86 bits per heavy atom. The van der Waals surface area contributed by atoms with Crippen molar-refractivity contribution in [3.05, 3.63) is 76.0 Å². The molecule has 142 valence electrons. The molecule has 0 fully saturated rings. The fourth-order valence-electron chi connectivity index (χ4n) is 3.41. The van der Waals surface area contributed by atoms with Crippen molar-refractivity contribution in [1.82, 2.24) is 9.97 Å². The molecule has 5 nitrogen and oxygen atoms in total. The molecular weight excluding hydrogens is 357 g/mol. The van der Waals surface area contributed by atoms with Crippen LogP contribution in [0.5, 0.6) is 0 Å². The molecule has 0 saturated carbocycles. The molecule has 1 amide bonds. The van der Waals surface area contributed by atoms with Gasteiger partial charge in [0.15, 0.2) is 0 Å². The number of hydrogen-bond acceptors (Lipinski definition) is 2. The summed E-state index contributed by atoms with van der Waals surface area (Å²) in [6.45, 7) is 6.15. The van der Waals surface area contributed by atoms with Crippen molar-refractivity contribution in [3.63, 3.8) is 0 Å². The summed E-state index contributed by atoms with van der Waals surface area (Å²) in [5.41, 5.74) is 1.78. The van der Waals surface area contributed by atoms with Crippen molar-refractivity contribution in [2.75, 3.05) is 5.32 Å². The Balaban J connectivity index is 1.81. The number of fused-ring (bicyclic) bond motifs is 2. The number of rotatable bonds is 2. The molecule has 2 heterocycles. The molecule has 0 radical (unpaired) electrons. The van der Waals surface area contributed by atoms with E-state index in [-0.39, 0.29) is 16.4 Å². The number of hydrogen-bond donors (Lipinski definition) is 3. The minimum Gasteiger partial charge on any atom is -0.361 e. The van der Waals surface area contributed by atoms with Crippen LogP contribution in [-0.4, -0.2) is 15.9 Å². The summed E-state index contributed by atoms with van der Waals surface area (Å²) in [5, 5.41) is 3.76. The molecular formula is C22H20FN3O2. The second-order valence-electron chi connectivity index (χ2n) is 7.86. The zero-order valence-electron chi connectivity index (χ0n) is 15.8. The average molecular weight is 377 g/mol. The minimum atomic E-state index is -0.656. The first-order chi connectivity index (χ1) is 13.3. The van der Waals surface area contributed by atoms with E-state index in [1.807, 2.05) is 24.4 Å². The van der Waals surface area contributed by atoms with Crippen LogP contribution >= 0.6 is 0 Å². The summed E-state index contributed by atoms with van der Waals surface area (Å²) in [7, 11) is 0. The summed E-state index contributed by atoms with van der Waals surface area (Å²) in [6, 6.07) is 10.1. The predicted molar refractivity (Wildman–Crippen MR) is 109 cm³/mol. The third-order valence-corrected chi connectivity index (χ3v) is 4.85. The number of benzene rings is 2. The van der Waals surface area contributed by atoms with Crippen molar-refractivity contribution < 1.29 is 9.18 Å². The fourth-order valence-corrected chi connectivity index (χ4v) is 3.41. The quantitative estimate of drug-likeness (QED) is 0.474. The molecule has 0 unspecified atom stereocenters. The molecule has 2 aromatic carbocycles. The van der Waals surface area contributed by atoms with E-state index in [1.54, 1.807) is 6.07 Å². The molecule has 3 N–H and O–H groups in total. The number of aromatic nitrogens is 2. The second kappa shape index (κ2) is 6.34. The van der Waals surface area contributed by atoms with E-state index in [0.29, 0.717) is 11.2 Å². The van der Waals surface area contributed by atoms with Gasteiger partial charge in [-0.2, -0.15) is 0 Å². The lowest BCUT2D eigenvalue weighted by Gasteiger charge is -2.23. The van der Waals surface area contributed by atoms with E-state index in [9.17, 15) is 14.0 Å². The van der Waals surface area contributed by atoms with Crippen LogP contribution in [0.2, 0.25) is 0 Å². The average Bonchev–Trinajstić information content (AvgIpc) is 3.08. The number of halogens is 1. The van der Waals surface area contributed by atoms with Crippen LogP contribution in [0.15, 0.2) is 53.6 Å². The molecule has 0 spiro atoms. The molecule has 0 saturated heterocycles. The van der Waals surface area contributed by atoms with Gasteiger partial charge in [-0.3, -0.25) is 9.59 Å². The van der Waals surface area contributed by atoms with E-state index >= 15 is 0 Å². The van der Waals surface area contributed by atoms with Crippen molar-refractivity contribution >= 4 is 33.4 Å². The van der Waals surface area contributed by atoms with Crippen LogP contribution in [0.4, 0.5) is 10.1 Å². The van der Waals surface area contributed by atoms with Gasteiger partial charge >= 0.3 is 0 Å². The summed E-state index contributed by atoms with van der Waals surface area (Å²) in [5.74, 6) is -1.24. The van der Waals surface area contributed by atoms with Crippen molar-refractivity contribution in [2.45, 2.75) is 26.2 Å². The lowest BCUT2D eigenvalue weighted by Crippen LogP contribution is -2.24. The van der Waals surface area contributed by atoms with E-state index in [0.717, 1.165) is 16.5 Å². The highest BCUT2D eigenvalue weighted by molar-refractivity contribution is 6.07. The molecule has 28 heavy (non-hydrogen) atoms. The van der Waals surface area contributed by atoms with Crippen molar-refractivity contribution in [1.29, 1.82) is 0 Å². The van der Waals surface area contributed by atoms with Gasteiger partial charge in [-0.05, 0) is 46.7 Å². The van der Waals surface area contributed by atoms with Crippen LogP contribution in [0.1, 0.15) is 36.7 Å². The largest absolute Gasteiger partial charge is 0.361 e. The molecule has 0 bridgehead atoms. The Morgan fingerprint density at radius 3 is 2.61 bits per heavy atom. The van der Waals surface area contributed by atoms with Crippen molar-refractivity contribution in [3.8, 4) is 0 Å². The molecule has 4 aromatic rings. The Kier molecular flexibility index (Phi) is 4.07. The number of carbonyl (C=O) groups excluding carboxylic acids is 1. The number of carbonyl (C=O) groups is 1. The zero-order valence-corrected chi connectivity index (χ0v) is 15.8. The first-order valence-electron chi connectivity index (χ1n) is 8.98. The normalized spacial score (nSPS) is 11.9. The highest BCUT2D eigenvalue weighted by Crippen LogP contribution is 2.33. The molecule has 4 rings (SSSR count). The third kappa shape index (κ3) is 2.97. The van der Waals surface area contributed by atoms with Gasteiger partial charge in [0.25, 0.3) is 5.91 Å². The van der Waals surface area contributed by atoms with Gasteiger partial charge in [-0.1, -0.05) is 26.8 Å². The number of amides is 1. The lowest BCUT2D eigenvalue weighted by atomic mass is 9.85. The minimum absolute atomic E-state index is 0.119. The predicted octanol–water partition coefficient (Wildman–Crippen LogP) is 4.70. The first-order valence-corrected chi connectivity index (χ1v) is 8.98. The number of nitrogens with one attached hydrogen (secondary N) is 3. The van der Waals surface area contributed by atoms with Crippen LogP contribution in [0, 0.1) is 5.82 Å². The summed E-state index contributed by atoms with van der Waals surface area (Å²) >= 11 is 0. The van der Waals surface area contributed by atoms with Crippen LogP contribution < -0.4 is 10.7 Å². The van der Waals surface area contributed by atoms with E-state index in [1.165, 1.54) is 18.3 Å². The van der Waals surface area contributed by atoms with Gasteiger partial charge in [-0.15, -0.1) is 0 Å². The molecule has 0 atom stereocenters. The highest BCUT2D eigenvalue weighted by atomic mass is 19.1. The Hall–Kier alpha value is -3.41. The molecule has 2 aromatic heterocycles. The standard InChI is InChI=1S/C22H20FN3O2/c1-22(2,3)14-9-12-7-8-24-17(12)10-18(14)26-21(28)13-11-25-16-6-4-5-15(23)19(16)20(13)27/h4-11,24H,1-3H3,(H,25,27)(H,26,28). The van der Waals surface area contributed by atoms with Gasteiger partial charge in [0.2, 0.25) is 5.43 Å². The van der Waals surface area contributed by atoms with E-state index < -0.39 is 17.2 Å². The first kappa shape index (κ1) is 18.0. The Labute approximate surface area is 160 Å². The summed E-state index contributed by atoms with van der Waals surface area (Å²) < 4.78 is 14.1. The van der Waals surface area contributed by atoms with Gasteiger partial charge in [0.1, 0.15) is 11.4 Å². The Bertz CT molecular complexity index is 1280. The van der Waals surface area contributed by atoms with Crippen LogP contribution in [0.25, 0.3) is 21.8 Å². The number of H-pyrrole nitrogens is 2. The van der Waals surface area contributed by atoms with Crippen molar-refractivity contribution in [2.24, 2.45) is 0 Å². The van der Waals surface area contributed by atoms with Gasteiger partial charge in [0, 0.05) is 23.6 Å².